The van der Waals surface area contributed by atoms with Crippen LogP contribution in [0.3, 0.4) is 0 Å². The van der Waals surface area contributed by atoms with Crippen LogP contribution in [0.25, 0.3) is 0 Å². The summed E-state index contributed by atoms with van der Waals surface area (Å²) in [4.78, 5) is 20.5. The quantitative estimate of drug-likeness (QED) is 0.440. The van der Waals surface area contributed by atoms with E-state index in [-0.39, 0.29) is 42.5 Å². The van der Waals surface area contributed by atoms with Crippen molar-refractivity contribution < 1.29 is 14.6 Å². The van der Waals surface area contributed by atoms with Crippen molar-refractivity contribution in [1.29, 1.82) is 0 Å². The molecule has 2 rings (SSSR count). The summed E-state index contributed by atoms with van der Waals surface area (Å²) in [6.45, 7) is 3.95. The molecule has 2 aromatic rings. The summed E-state index contributed by atoms with van der Waals surface area (Å²) in [6.07, 6.45) is 0. The van der Waals surface area contributed by atoms with Crippen molar-refractivity contribution in [3.05, 3.63) is 35.4 Å². The van der Waals surface area contributed by atoms with Gasteiger partial charge in [-0.2, -0.15) is 9.97 Å². The lowest BCUT2D eigenvalue weighted by atomic mass is 10.2. The van der Waals surface area contributed by atoms with Crippen LogP contribution in [0.15, 0.2) is 24.3 Å². The number of aliphatic hydroxyl groups is 1. The molecule has 1 aromatic heterocycles. The predicted octanol–water partition coefficient (Wildman–Crippen LogP) is 0.758. The second kappa shape index (κ2) is 8.97. The van der Waals surface area contributed by atoms with E-state index in [1.807, 2.05) is 38.1 Å². The van der Waals surface area contributed by atoms with Crippen LogP contribution in [0.5, 0.6) is 5.88 Å². The smallest absolute Gasteiger partial charge is 0.258 e. The third-order valence-corrected chi connectivity index (χ3v) is 3.32. The van der Waals surface area contributed by atoms with Crippen LogP contribution in [-0.2, 0) is 0 Å². The van der Waals surface area contributed by atoms with Gasteiger partial charge in [0.25, 0.3) is 5.91 Å². The van der Waals surface area contributed by atoms with Gasteiger partial charge in [-0.1, -0.05) is 12.1 Å². The molecular formula is C17H24N6O3. The number of primary amides is 1. The highest BCUT2D eigenvalue weighted by molar-refractivity contribution is 6.00. The number of aromatic nitrogens is 2. The monoisotopic (exact) mass is 360 g/mol. The Morgan fingerprint density at radius 2 is 2.15 bits per heavy atom. The summed E-state index contributed by atoms with van der Waals surface area (Å²) in [5, 5.41) is 15.1. The first-order chi connectivity index (χ1) is 12.4. The Kier molecular flexibility index (Phi) is 6.70. The van der Waals surface area contributed by atoms with E-state index >= 15 is 0 Å². The maximum Gasteiger partial charge on any atom is 0.258 e. The number of nitrogens with one attached hydrogen (secondary N) is 2. The van der Waals surface area contributed by atoms with Crippen molar-refractivity contribution in [3.8, 4) is 5.88 Å². The zero-order valence-corrected chi connectivity index (χ0v) is 14.8. The number of nitrogens with zero attached hydrogens (tertiary/aromatic N) is 2. The number of carbonyl (C=O) groups excluding carboxylic acids is 1. The fourth-order valence-electron chi connectivity index (χ4n) is 2.19. The van der Waals surface area contributed by atoms with E-state index in [0.29, 0.717) is 6.54 Å². The van der Waals surface area contributed by atoms with Crippen LogP contribution >= 0.6 is 0 Å². The Labute approximate surface area is 151 Å². The highest BCUT2D eigenvalue weighted by Gasteiger charge is 2.21. The second-order valence-corrected chi connectivity index (χ2v) is 5.86. The van der Waals surface area contributed by atoms with E-state index < -0.39 is 5.91 Å². The van der Waals surface area contributed by atoms with Crippen LogP contribution < -0.4 is 26.8 Å². The minimum atomic E-state index is -0.744. The highest BCUT2D eigenvalue weighted by atomic mass is 16.5. The number of ether oxygens (including phenoxy) is 1. The molecule has 0 spiro atoms. The van der Waals surface area contributed by atoms with Gasteiger partial charge in [0.05, 0.1) is 6.61 Å². The van der Waals surface area contributed by atoms with Crippen molar-refractivity contribution in [2.45, 2.75) is 19.9 Å². The van der Waals surface area contributed by atoms with Gasteiger partial charge in [-0.3, -0.25) is 4.79 Å². The molecule has 7 N–H and O–H groups in total. The lowest BCUT2D eigenvalue weighted by molar-refractivity contribution is 0.0994. The molecule has 140 valence electrons. The van der Waals surface area contributed by atoms with E-state index in [1.165, 1.54) is 0 Å². The standard InChI is InChI=1S/C17H24N6O3/c1-10-4-3-5-12(8-10)21-15-13(14(19)25)16(26-7-6-24)23-17(22-15)20-9-11(2)18/h3-5,8,11,24H,6-7,9,18H2,1-2H3,(H2,19,25)(H2,20,21,22,23). The zero-order chi connectivity index (χ0) is 19.1. The summed E-state index contributed by atoms with van der Waals surface area (Å²) < 4.78 is 5.38. The van der Waals surface area contributed by atoms with Crippen molar-refractivity contribution in [2.75, 3.05) is 30.4 Å². The number of hydrogen-bond acceptors (Lipinski definition) is 8. The van der Waals surface area contributed by atoms with Gasteiger partial charge in [-0.25, -0.2) is 0 Å². The third kappa shape index (κ3) is 5.30. The minimum absolute atomic E-state index is 0.00584. The number of benzene rings is 1. The highest BCUT2D eigenvalue weighted by Crippen LogP contribution is 2.27. The lowest BCUT2D eigenvalue weighted by Crippen LogP contribution is -2.26. The molecule has 1 unspecified atom stereocenters. The fraction of sp³-hybridized carbons (Fsp3) is 0.353. The third-order valence-electron chi connectivity index (χ3n) is 3.32. The SMILES string of the molecule is Cc1cccc(Nc2nc(NCC(C)N)nc(OCCO)c2C(N)=O)c1. The molecular weight excluding hydrogens is 336 g/mol. The topological polar surface area (TPSA) is 148 Å². The van der Waals surface area contributed by atoms with E-state index in [0.717, 1.165) is 11.3 Å². The van der Waals surface area contributed by atoms with Crippen molar-refractivity contribution in [1.82, 2.24) is 9.97 Å². The number of carbonyl (C=O) groups is 1. The molecule has 0 saturated carbocycles. The van der Waals surface area contributed by atoms with Gasteiger partial charge in [0, 0.05) is 18.3 Å². The van der Waals surface area contributed by atoms with Crippen LogP contribution in [-0.4, -0.2) is 46.8 Å². The number of amides is 1. The Morgan fingerprint density at radius 1 is 1.38 bits per heavy atom. The summed E-state index contributed by atoms with van der Waals surface area (Å²) in [5.74, 6) is -0.315. The number of aryl methyl sites for hydroxylation is 1. The molecule has 1 heterocycles. The minimum Gasteiger partial charge on any atom is -0.474 e. The molecule has 0 bridgehead atoms. The molecule has 9 heteroatoms. The number of anilines is 3. The van der Waals surface area contributed by atoms with Crippen LogP contribution in [0.2, 0.25) is 0 Å². The molecule has 9 nitrogen and oxygen atoms in total. The molecule has 0 aliphatic carbocycles. The van der Waals surface area contributed by atoms with E-state index in [1.54, 1.807) is 0 Å². The lowest BCUT2D eigenvalue weighted by Gasteiger charge is -2.16. The number of rotatable bonds is 9. The fourth-order valence-corrected chi connectivity index (χ4v) is 2.19. The average molecular weight is 360 g/mol. The van der Waals surface area contributed by atoms with Crippen LogP contribution in [0, 0.1) is 6.92 Å². The number of hydrogen-bond donors (Lipinski definition) is 5. The van der Waals surface area contributed by atoms with Gasteiger partial charge in [-0.05, 0) is 31.5 Å². The van der Waals surface area contributed by atoms with Gasteiger partial charge in [0.2, 0.25) is 11.8 Å². The summed E-state index contributed by atoms with van der Waals surface area (Å²) >= 11 is 0. The van der Waals surface area contributed by atoms with Gasteiger partial charge >= 0.3 is 0 Å². The summed E-state index contributed by atoms with van der Waals surface area (Å²) in [6, 6.07) is 7.44. The van der Waals surface area contributed by atoms with Crippen molar-refractivity contribution >= 4 is 23.4 Å². The van der Waals surface area contributed by atoms with E-state index in [4.69, 9.17) is 21.3 Å². The maximum atomic E-state index is 12.0. The summed E-state index contributed by atoms with van der Waals surface area (Å²) in [5.41, 5.74) is 13.0. The van der Waals surface area contributed by atoms with Crippen molar-refractivity contribution in [2.24, 2.45) is 11.5 Å². The second-order valence-electron chi connectivity index (χ2n) is 5.86. The van der Waals surface area contributed by atoms with E-state index in [2.05, 4.69) is 20.6 Å². The molecule has 0 saturated heterocycles. The molecule has 0 fully saturated rings. The number of aliphatic hydroxyl groups excluding tert-OH is 1. The molecule has 1 aromatic carbocycles. The predicted molar refractivity (Wildman–Crippen MR) is 99.7 cm³/mol. The molecule has 1 amide bonds. The van der Waals surface area contributed by atoms with Crippen LogP contribution in [0.4, 0.5) is 17.5 Å². The van der Waals surface area contributed by atoms with E-state index in [9.17, 15) is 4.79 Å². The summed E-state index contributed by atoms with van der Waals surface area (Å²) in [7, 11) is 0. The number of nitrogens with two attached hydrogens (primary N) is 2. The molecule has 0 radical (unpaired) electrons. The molecule has 0 aliphatic rings. The largest absolute Gasteiger partial charge is 0.474 e. The zero-order valence-electron chi connectivity index (χ0n) is 14.8. The average Bonchev–Trinajstić information content (AvgIpc) is 2.57. The van der Waals surface area contributed by atoms with Gasteiger partial charge < -0.3 is 31.9 Å². The normalized spacial score (nSPS) is 11.7. The first kappa shape index (κ1) is 19.4. The van der Waals surface area contributed by atoms with Gasteiger partial charge in [0.1, 0.15) is 12.2 Å². The Hall–Kier alpha value is -2.91. The molecule has 1 atom stereocenters. The first-order valence-corrected chi connectivity index (χ1v) is 8.19. The van der Waals surface area contributed by atoms with Crippen LogP contribution in [0.1, 0.15) is 22.8 Å². The van der Waals surface area contributed by atoms with Gasteiger partial charge in [-0.15, -0.1) is 0 Å². The molecule has 0 aliphatic heterocycles. The Balaban J connectivity index is 2.46. The molecule has 26 heavy (non-hydrogen) atoms. The Morgan fingerprint density at radius 3 is 2.77 bits per heavy atom. The maximum absolute atomic E-state index is 12.0. The van der Waals surface area contributed by atoms with Crippen molar-refractivity contribution in [3.63, 3.8) is 0 Å². The first-order valence-electron chi connectivity index (χ1n) is 8.19. The Bertz CT molecular complexity index is 766. The van der Waals surface area contributed by atoms with Gasteiger partial charge in [0.15, 0.2) is 5.82 Å².